The average Bonchev–Trinajstić information content (AvgIpc) is 3.15. The lowest BCUT2D eigenvalue weighted by Gasteiger charge is -2.42. The van der Waals surface area contributed by atoms with E-state index in [1.165, 1.54) is 6.07 Å². The summed E-state index contributed by atoms with van der Waals surface area (Å²) in [6.07, 6.45) is 5.05. The molecular weight excluding hydrogens is 371 g/mol. The van der Waals surface area contributed by atoms with Crippen LogP contribution in [-0.4, -0.2) is 28.8 Å². The van der Waals surface area contributed by atoms with Crippen LogP contribution in [0, 0.1) is 11.7 Å². The van der Waals surface area contributed by atoms with E-state index in [-0.39, 0.29) is 30.0 Å². The largest absolute Gasteiger partial charge is 0.488 e. The van der Waals surface area contributed by atoms with Crippen molar-refractivity contribution in [3.05, 3.63) is 29.6 Å². The smallest absolute Gasteiger partial charge is 0.332 e. The first-order chi connectivity index (χ1) is 12.8. The number of esters is 1. The zero-order valence-electron chi connectivity index (χ0n) is 15.8. The topological polar surface area (TPSA) is 52.6 Å². The van der Waals surface area contributed by atoms with E-state index in [0.717, 1.165) is 31.2 Å². The summed E-state index contributed by atoms with van der Waals surface area (Å²) in [5.41, 5.74) is -0.0305. The first kappa shape index (κ1) is 20.1. The van der Waals surface area contributed by atoms with E-state index >= 15 is 0 Å². The molecule has 2 aliphatic rings. The number of hydrogen-bond donors (Lipinski definition) is 0. The Hall–Kier alpha value is -1.62. The molecule has 0 amide bonds. The lowest BCUT2D eigenvalue weighted by molar-refractivity contribution is -0.177. The van der Waals surface area contributed by atoms with Gasteiger partial charge in [-0.2, -0.15) is 0 Å². The maximum absolute atomic E-state index is 14.3. The first-order valence-corrected chi connectivity index (χ1v) is 10.1. The zero-order chi connectivity index (χ0) is 19.6. The molecule has 2 unspecified atom stereocenters. The van der Waals surface area contributed by atoms with Gasteiger partial charge in [0.1, 0.15) is 5.60 Å². The lowest BCUT2D eigenvalue weighted by Crippen LogP contribution is -2.52. The molecule has 2 atom stereocenters. The van der Waals surface area contributed by atoms with Crippen molar-refractivity contribution < 1.29 is 23.5 Å². The minimum Gasteiger partial charge on any atom is -0.488 e. The second kappa shape index (κ2) is 8.17. The van der Waals surface area contributed by atoms with Gasteiger partial charge in [0.05, 0.1) is 6.10 Å². The molecule has 2 fully saturated rings. The van der Waals surface area contributed by atoms with Crippen LogP contribution in [-0.2, 0) is 20.7 Å². The third kappa shape index (κ3) is 4.45. The second-order valence-electron chi connectivity index (χ2n) is 7.90. The van der Waals surface area contributed by atoms with Crippen LogP contribution in [0.2, 0.25) is 0 Å². The van der Waals surface area contributed by atoms with E-state index in [0.29, 0.717) is 12.8 Å². The summed E-state index contributed by atoms with van der Waals surface area (Å²) in [4.78, 5) is 24.4. The molecular formula is C21H26ClFO4. The predicted molar refractivity (Wildman–Crippen MR) is 101 cm³/mol. The second-order valence-corrected chi connectivity index (χ2v) is 8.34. The molecule has 6 heteroatoms. The molecule has 4 nitrogen and oxygen atoms in total. The average molecular weight is 397 g/mol. The quantitative estimate of drug-likeness (QED) is 0.400. The van der Waals surface area contributed by atoms with Crippen molar-refractivity contribution in [2.45, 2.75) is 75.9 Å². The molecule has 1 saturated carbocycles. The summed E-state index contributed by atoms with van der Waals surface area (Å²) in [5, 5.41) is -1.20. The molecule has 1 aromatic carbocycles. The number of ketones is 1. The van der Waals surface area contributed by atoms with Gasteiger partial charge in [-0.15, -0.1) is 11.6 Å². The van der Waals surface area contributed by atoms with Gasteiger partial charge in [-0.3, -0.25) is 4.79 Å². The van der Waals surface area contributed by atoms with Gasteiger partial charge in [0.25, 0.3) is 0 Å². The fraction of sp³-hybridized carbons (Fsp3) is 0.619. The minimum absolute atomic E-state index is 0.104. The van der Waals surface area contributed by atoms with Crippen LogP contribution in [0.25, 0.3) is 0 Å². The molecule has 1 aliphatic heterocycles. The minimum atomic E-state index is -1.20. The number of alkyl halides is 1. The van der Waals surface area contributed by atoms with Crippen LogP contribution in [0.4, 0.5) is 4.39 Å². The number of halogens is 2. The van der Waals surface area contributed by atoms with E-state index in [1.54, 1.807) is 6.07 Å². The van der Waals surface area contributed by atoms with Crippen molar-refractivity contribution in [1.29, 1.82) is 0 Å². The molecule has 1 heterocycles. The molecule has 3 rings (SSSR count). The van der Waals surface area contributed by atoms with Crippen LogP contribution < -0.4 is 4.74 Å². The number of aryl methyl sites for hydroxylation is 1. The molecule has 1 aliphatic carbocycles. The van der Waals surface area contributed by atoms with E-state index in [1.807, 2.05) is 19.9 Å². The number of cyclic esters (lactones) is 1. The number of carbonyl (C=O) groups excluding carboxylic acids is 2. The molecule has 1 saturated heterocycles. The highest BCUT2D eigenvalue weighted by atomic mass is 35.5. The van der Waals surface area contributed by atoms with Crippen LogP contribution >= 0.6 is 11.6 Å². The fourth-order valence-electron chi connectivity index (χ4n) is 4.23. The van der Waals surface area contributed by atoms with Gasteiger partial charge in [-0.25, -0.2) is 9.18 Å². The van der Waals surface area contributed by atoms with E-state index < -0.39 is 22.8 Å². The highest BCUT2D eigenvalue weighted by Crippen LogP contribution is 2.44. The number of hydrogen-bond acceptors (Lipinski definition) is 4. The Balaban J connectivity index is 1.76. The number of Topliss-reactive ketones (excluding diaryl/α,β-unsaturated/α-hetero) is 1. The third-order valence-electron chi connectivity index (χ3n) is 5.56. The number of benzene rings is 1. The Morgan fingerprint density at radius 1 is 1.30 bits per heavy atom. The monoisotopic (exact) mass is 396 g/mol. The zero-order valence-corrected chi connectivity index (χ0v) is 16.6. The van der Waals surface area contributed by atoms with E-state index in [9.17, 15) is 14.0 Å². The summed E-state index contributed by atoms with van der Waals surface area (Å²) in [6.45, 7) is 3.69. The summed E-state index contributed by atoms with van der Waals surface area (Å²) in [7, 11) is 0. The van der Waals surface area contributed by atoms with Crippen molar-refractivity contribution in [2.75, 3.05) is 0 Å². The molecule has 0 bridgehead atoms. The number of carbonyl (C=O) groups is 2. The summed E-state index contributed by atoms with van der Waals surface area (Å²) in [6, 6.07) is 4.90. The van der Waals surface area contributed by atoms with Gasteiger partial charge < -0.3 is 9.47 Å². The number of rotatable bonds is 6. The maximum Gasteiger partial charge on any atom is 0.332 e. The van der Waals surface area contributed by atoms with Gasteiger partial charge in [-0.1, -0.05) is 18.9 Å². The standard InChI is InChI=1S/C21H26ClFO4/c1-13(2)26-18-8-7-14(11-16(18)23)9-10-21(15-5-3-4-6-15)12-17(24)19(22)20(25)27-21/h7-8,11,13,15,19H,3-6,9-10,12H2,1-2H3. The highest BCUT2D eigenvalue weighted by molar-refractivity contribution is 6.41. The third-order valence-corrected chi connectivity index (χ3v) is 5.98. The van der Waals surface area contributed by atoms with Gasteiger partial charge in [0, 0.05) is 6.42 Å². The van der Waals surface area contributed by atoms with Crippen molar-refractivity contribution in [2.24, 2.45) is 5.92 Å². The molecule has 1 aromatic rings. The predicted octanol–water partition coefficient (Wildman–Crippen LogP) is 4.60. The van der Waals surface area contributed by atoms with Gasteiger partial charge in [0.2, 0.25) is 0 Å². The molecule has 0 radical (unpaired) electrons. The van der Waals surface area contributed by atoms with Crippen molar-refractivity contribution in [3.8, 4) is 5.75 Å². The maximum atomic E-state index is 14.3. The summed E-state index contributed by atoms with van der Waals surface area (Å²) in [5.74, 6) is -0.946. The fourth-order valence-corrected chi connectivity index (χ4v) is 4.35. The molecule has 148 valence electrons. The molecule has 27 heavy (non-hydrogen) atoms. The summed E-state index contributed by atoms with van der Waals surface area (Å²) < 4.78 is 25.5. The van der Waals surface area contributed by atoms with Gasteiger partial charge in [-0.05, 0) is 63.1 Å². The highest BCUT2D eigenvalue weighted by Gasteiger charge is 2.51. The Morgan fingerprint density at radius 3 is 2.59 bits per heavy atom. The van der Waals surface area contributed by atoms with E-state index in [4.69, 9.17) is 21.1 Å². The number of ether oxygens (including phenoxy) is 2. The first-order valence-electron chi connectivity index (χ1n) is 9.65. The van der Waals surface area contributed by atoms with Gasteiger partial charge >= 0.3 is 5.97 Å². The van der Waals surface area contributed by atoms with E-state index in [2.05, 4.69) is 0 Å². The lowest BCUT2D eigenvalue weighted by atomic mass is 9.76. The van der Waals surface area contributed by atoms with Crippen molar-refractivity contribution in [1.82, 2.24) is 0 Å². The summed E-state index contributed by atoms with van der Waals surface area (Å²) >= 11 is 5.86. The van der Waals surface area contributed by atoms with Crippen LogP contribution in [0.3, 0.4) is 0 Å². The van der Waals surface area contributed by atoms with Crippen molar-refractivity contribution in [3.63, 3.8) is 0 Å². The van der Waals surface area contributed by atoms with Crippen LogP contribution in [0.5, 0.6) is 5.75 Å². The Kier molecular flexibility index (Phi) is 6.09. The molecule has 0 N–H and O–H groups in total. The Morgan fingerprint density at radius 2 is 2.00 bits per heavy atom. The molecule has 0 aromatic heterocycles. The van der Waals surface area contributed by atoms with Crippen molar-refractivity contribution >= 4 is 23.4 Å². The Labute approximate surface area is 164 Å². The molecule has 0 spiro atoms. The SMILES string of the molecule is CC(C)Oc1ccc(CCC2(C3CCCC3)CC(=O)C(Cl)C(=O)O2)cc1F. The Bertz CT molecular complexity index is 694. The van der Waals surface area contributed by atoms with Gasteiger partial charge in [0.15, 0.2) is 22.7 Å². The van der Waals surface area contributed by atoms with Crippen LogP contribution in [0.15, 0.2) is 18.2 Å². The normalized spacial score (nSPS) is 26.5. The van der Waals surface area contributed by atoms with Crippen LogP contribution in [0.1, 0.15) is 57.9 Å².